The third-order valence-corrected chi connectivity index (χ3v) is 3.09. The number of hydrogen-bond acceptors (Lipinski definition) is 3. The van der Waals surface area contributed by atoms with Crippen molar-refractivity contribution in [3.05, 3.63) is 29.8 Å². The second-order valence-electron chi connectivity index (χ2n) is 4.92. The van der Waals surface area contributed by atoms with Crippen LogP contribution in [0.1, 0.15) is 62.7 Å². The number of carbonyl (C=O) groups is 1. The second-order valence-corrected chi connectivity index (χ2v) is 4.92. The third-order valence-electron chi connectivity index (χ3n) is 3.09. The van der Waals surface area contributed by atoms with Crippen molar-refractivity contribution >= 4 is 5.97 Å². The highest BCUT2D eigenvalue weighted by Gasteiger charge is 2.06. The Morgan fingerprint density at radius 1 is 0.900 bits per heavy atom. The van der Waals surface area contributed by atoms with Gasteiger partial charge in [-0.25, -0.2) is 4.79 Å². The van der Waals surface area contributed by atoms with Crippen molar-refractivity contribution in [2.24, 2.45) is 0 Å². The molecular formula is C17H26O3. The minimum absolute atomic E-state index is 0.251. The van der Waals surface area contributed by atoms with E-state index in [0.29, 0.717) is 12.2 Å². The highest BCUT2D eigenvalue weighted by molar-refractivity contribution is 5.89. The molecule has 0 bridgehead atoms. The van der Waals surface area contributed by atoms with Crippen LogP contribution < -0.4 is 4.74 Å². The number of rotatable bonds is 10. The van der Waals surface area contributed by atoms with Crippen molar-refractivity contribution in [2.75, 3.05) is 13.2 Å². The average molecular weight is 278 g/mol. The predicted molar refractivity (Wildman–Crippen MR) is 81.3 cm³/mol. The summed E-state index contributed by atoms with van der Waals surface area (Å²) in [4.78, 5) is 11.8. The lowest BCUT2D eigenvalue weighted by Gasteiger charge is -2.07. The molecule has 0 aromatic heterocycles. The van der Waals surface area contributed by atoms with Gasteiger partial charge < -0.3 is 9.47 Å². The summed E-state index contributed by atoms with van der Waals surface area (Å²) in [5, 5.41) is 0. The van der Waals surface area contributed by atoms with E-state index in [2.05, 4.69) is 13.8 Å². The minimum atomic E-state index is -0.251. The lowest BCUT2D eigenvalue weighted by Crippen LogP contribution is -2.06. The van der Waals surface area contributed by atoms with Gasteiger partial charge >= 0.3 is 5.97 Å². The van der Waals surface area contributed by atoms with E-state index in [1.807, 2.05) is 12.1 Å². The predicted octanol–water partition coefficient (Wildman–Crippen LogP) is 4.60. The number of esters is 1. The summed E-state index contributed by atoms with van der Waals surface area (Å²) >= 11 is 0. The first-order valence-corrected chi connectivity index (χ1v) is 7.68. The van der Waals surface area contributed by atoms with E-state index in [-0.39, 0.29) is 5.97 Å². The van der Waals surface area contributed by atoms with Crippen molar-refractivity contribution in [1.82, 2.24) is 0 Å². The smallest absolute Gasteiger partial charge is 0.338 e. The van der Waals surface area contributed by atoms with Gasteiger partial charge in [0.15, 0.2) is 0 Å². The summed E-state index contributed by atoms with van der Waals surface area (Å²) < 4.78 is 10.8. The molecule has 0 spiro atoms. The van der Waals surface area contributed by atoms with Crippen LogP contribution in [0.25, 0.3) is 0 Å². The molecule has 1 aromatic rings. The molecule has 0 saturated carbocycles. The van der Waals surface area contributed by atoms with Crippen molar-refractivity contribution in [2.45, 2.75) is 52.4 Å². The molecule has 20 heavy (non-hydrogen) atoms. The minimum Gasteiger partial charge on any atom is -0.494 e. The molecule has 0 saturated heterocycles. The van der Waals surface area contributed by atoms with Crippen molar-refractivity contribution in [3.63, 3.8) is 0 Å². The first kappa shape index (κ1) is 16.5. The van der Waals surface area contributed by atoms with Crippen LogP contribution in [0.3, 0.4) is 0 Å². The summed E-state index contributed by atoms with van der Waals surface area (Å²) in [6.45, 7) is 5.53. The maximum absolute atomic E-state index is 11.8. The molecule has 0 aliphatic carbocycles. The van der Waals surface area contributed by atoms with E-state index >= 15 is 0 Å². The summed E-state index contributed by atoms with van der Waals surface area (Å²) in [6, 6.07) is 7.18. The maximum Gasteiger partial charge on any atom is 0.338 e. The SMILES string of the molecule is CCCCCOC(=O)c1ccc(OCCCCC)cc1. The van der Waals surface area contributed by atoms with Crippen LogP contribution in [0.5, 0.6) is 5.75 Å². The molecule has 3 heteroatoms. The van der Waals surface area contributed by atoms with Gasteiger partial charge in [-0.3, -0.25) is 0 Å². The first-order valence-electron chi connectivity index (χ1n) is 7.68. The van der Waals surface area contributed by atoms with Gasteiger partial charge in [-0.05, 0) is 37.1 Å². The Morgan fingerprint density at radius 3 is 2.10 bits per heavy atom. The lowest BCUT2D eigenvalue weighted by atomic mass is 10.2. The fourth-order valence-electron chi connectivity index (χ4n) is 1.83. The molecule has 0 aliphatic heterocycles. The summed E-state index contributed by atoms with van der Waals surface area (Å²) in [7, 11) is 0. The molecule has 0 heterocycles. The van der Waals surface area contributed by atoms with Crippen molar-refractivity contribution < 1.29 is 14.3 Å². The molecule has 112 valence electrons. The Bertz CT molecular complexity index is 370. The first-order chi connectivity index (χ1) is 9.77. The van der Waals surface area contributed by atoms with E-state index in [1.54, 1.807) is 12.1 Å². The molecular weight excluding hydrogens is 252 g/mol. The number of ether oxygens (including phenoxy) is 2. The van der Waals surface area contributed by atoms with Gasteiger partial charge in [0.05, 0.1) is 18.8 Å². The van der Waals surface area contributed by atoms with E-state index < -0.39 is 0 Å². The zero-order valence-corrected chi connectivity index (χ0v) is 12.7. The van der Waals surface area contributed by atoms with E-state index in [1.165, 1.54) is 12.8 Å². The zero-order valence-electron chi connectivity index (χ0n) is 12.7. The fraction of sp³-hybridized carbons (Fsp3) is 0.588. The fourth-order valence-corrected chi connectivity index (χ4v) is 1.83. The molecule has 0 radical (unpaired) electrons. The quantitative estimate of drug-likeness (QED) is 0.463. The van der Waals surface area contributed by atoms with Gasteiger partial charge in [0.25, 0.3) is 0 Å². The van der Waals surface area contributed by atoms with Gasteiger partial charge in [0.2, 0.25) is 0 Å². The maximum atomic E-state index is 11.8. The Balaban J connectivity index is 2.31. The number of benzene rings is 1. The van der Waals surface area contributed by atoms with Crippen molar-refractivity contribution in [1.29, 1.82) is 0 Å². The highest BCUT2D eigenvalue weighted by atomic mass is 16.5. The molecule has 0 N–H and O–H groups in total. The van der Waals surface area contributed by atoms with E-state index in [4.69, 9.17) is 9.47 Å². The second kappa shape index (κ2) is 10.3. The number of unbranched alkanes of at least 4 members (excludes halogenated alkanes) is 4. The topological polar surface area (TPSA) is 35.5 Å². The van der Waals surface area contributed by atoms with Crippen LogP contribution in [0.15, 0.2) is 24.3 Å². The molecule has 0 atom stereocenters. The molecule has 0 aliphatic rings. The zero-order chi connectivity index (χ0) is 14.6. The largest absolute Gasteiger partial charge is 0.494 e. The molecule has 1 aromatic carbocycles. The van der Waals surface area contributed by atoms with Crippen LogP contribution in [-0.4, -0.2) is 19.2 Å². The summed E-state index contributed by atoms with van der Waals surface area (Å²) in [5.74, 6) is 0.558. The van der Waals surface area contributed by atoms with E-state index in [9.17, 15) is 4.79 Å². The van der Waals surface area contributed by atoms with Crippen LogP contribution in [0.4, 0.5) is 0 Å². The third kappa shape index (κ3) is 6.60. The van der Waals surface area contributed by atoms with Crippen LogP contribution >= 0.6 is 0 Å². The van der Waals surface area contributed by atoms with Gasteiger partial charge in [-0.1, -0.05) is 39.5 Å². The van der Waals surface area contributed by atoms with Crippen LogP contribution in [-0.2, 0) is 4.74 Å². The van der Waals surface area contributed by atoms with Gasteiger partial charge in [-0.15, -0.1) is 0 Å². The monoisotopic (exact) mass is 278 g/mol. The van der Waals surface area contributed by atoms with Crippen LogP contribution in [0, 0.1) is 0 Å². The Morgan fingerprint density at radius 2 is 1.50 bits per heavy atom. The Labute approximate surface area is 122 Å². The summed E-state index contributed by atoms with van der Waals surface area (Å²) in [6.07, 6.45) is 6.59. The molecule has 0 fully saturated rings. The van der Waals surface area contributed by atoms with Crippen molar-refractivity contribution in [3.8, 4) is 5.75 Å². The average Bonchev–Trinajstić information content (AvgIpc) is 2.48. The lowest BCUT2D eigenvalue weighted by molar-refractivity contribution is 0.0498. The van der Waals surface area contributed by atoms with Gasteiger partial charge in [0, 0.05) is 0 Å². The van der Waals surface area contributed by atoms with E-state index in [0.717, 1.165) is 38.0 Å². The normalized spacial score (nSPS) is 10.3. The number of carbonyl (C=O) groups excluding carboxylic acids is 1. The molecule has 1 rings (SSSR count). The Kier molecular flexibility index (Phi) is 8.52. The summed E-state index contributed by atoms with van der Waals surface area (Å²) in [5.41, 5.74) is 0.586. The number of hydrogen-bond donors (Lipinski definition) is 0. The Hall–Kier alpha value is -1.51. The standard InChI is InChI=1S/C17H26O3/c1-3-5-7-13-19-16-11-9-15(10-12-16)17(18)20-14-8-6-4-2/h9-12H,3-8,13-14H2,1-2H3. The molecule has 0 amide bonds. The van der Waals surface area contributed by atoms with Gasteiger partial charge in [0.1, 0.15) is 5.75 Å². The molecule has 0 unspecified atom stereocenters. The van der Waals surface area contributed by atoms with Crippen LogP contribution in [0.2, 0.25) is 0 Å². The molecule has 3 nitrogen and oxygen atoms in total. The van der Waals surface area contributed by atoms with Gasteiger partial charge in [-0.2, -0.15) is 0 Å². The highest BCUT2D eigenvalue weighted by Crippen LogP contribution is 2.14.